The molecule has 2 rings (SSSR count). The molecule has 2 aromatic carbocycles. The van der Waals surface area contributed by atoms with Gasteiger partial charge in [0.1, 0.15) is 12.6 Å². The zero-order valence-corrected chi connectivity index (χ0v) is 17.9. The molecule has 0 saturated heterocycles. The van der Waals surface area contributed by atoms with Gasteiger partial charge in [-0.05, 0) is 30.2 Å². The molecule has 0 aliphatic carbocycles. The fourth-order valence-corrected chi connectivity index (χ4v) is 2.84. The molecule has 0 fully saturated rings. The first-order valence-electron chi connectivity index (χ1n) is 9.96. The van der Waals surface area contributed by atoms with Crippen LogP contribution in [0.5, 0.6) is 11.5 Å². The molecule has 0 bridgehead atoms. The standard InChI is InChI=1S/C23H30N2O5/c1-5-16(2)21(25-22(26)17-9-7-6-8-10-17)23(27)24-18-11-12-19(29-4)20(15-18)30-14-13-28-3/h6-12,15-16,21H,5,13-14H2,1-4H3,(H,24,27)(H,25,26). The monoisotopic (exact) mass is 414 g/mol. The van der Waals surface area contributed by atoms with Crippen molar-refractivity contribution in [3.63, 3.8) is 0 Å². The van der Waals surface area contributed by atoms with E-state index in [2.05, 4.69) is 10.6 Å². The van der Waals surface area contributed by atoms with E-state index in [4.69, 9.17) is 14.2 Å². The minimum Gasteiger partial charge on any atom is -0.493 e. The molecule has 2 amide bonds. The Kier molecular flexibility index (Phi) is 9.15. The van der Waals surface area contributed by atoms with Crippen LogP contribution in [-0.2, 0) is 9.53 Å². The highest BCUT2D eigenvalue weighted by molar-refractivity contribution is 6.01. The Morgan fingerprint density at radius 3 is 2.37 bits per heavy atom. The van der Waals surface area contributed by atoms with E-state index < -0.39 is 6.04 Å². The van der Waals surface area contributed by atoms with Crippen LogP contribution in [0.15, 0.2) is 48.5 Å². The molecule has 0 aliphatic rings. The van der Waals surface area contributed by atoms with E-state index in [0.29, 0.717) is 36.0 Å². The number of hydrogen-bond acceptors (Lipinski definition) is 5. The van der Waals surface area contributed by atoms with Gasteiger partial charge in [-0.15, -0.1) is 0 Å². The number of carbonyl (C=O) groups is 2. The van der Waals surface area contributed by atoms with Crippen LogP contribution in [-0.4, -0.2) is 45.3 Å². The van der Waals surface area contributed by atoms with Crippen LogP contribution >= 0.6 is 0 Å². The highest BCUT2D eigenvalue weighted by Gasteiger charge is 2.26. The van der Waals surface area contributed by atoms with E-state index >= 15 is 0 Å². The lowest BCUT2D eigenvalue weighted by Gasteiger charge is -2.24. The molecule has 2 aromatic rings. The highest BCUT2D eigenvalue weighted by Crippen LogP contribution is 2.30. The second-order valence-electron chi connectivity index (χ2n) is 6.90. The van der Waals surface area contributed by atoms with Gasteiger partial charge in [0.2, 0.25) is 5.91 Å². The molecule has 2 N–H and O–H groups in total. The summed E-state index contributed by atoms with van der Waals surface area (Å²) in [6.07, 6.45) is 0.737. The number of amides is 2. The molecule has 0 aromatic heterocycles. The van der Waals surface area contributed by atoms with Gasteiger partial charge in [-0.1, -0.05) is 38.5 Å². The molecule has 2 unspecified atom stereocenters. The Balaban J connectivity index is 2.14. The average Bonchev–Trinajstić information content (AvgIpc) is 2.77. The SMILES string of the molecule is CCC(C)C(NC(=O)c1ccccc1)C(=O)Nc1ccc(OC)c(OCCOC)c1. The summed E-state index contributed by atoms with van der Waals surface area (Å²) >= 11 is 0. The van der Waals surface area contributed by atoms with Crippen LogP contribution in [0.2, 0.25) is 0 Å². The lowest BCUT2D eigenvalue weighted by molar-refractivity contribution is -0.119. The molecule has 0 radical (unpaired) electrons. The summed E-state index contributed by atoms with van der Waals surface area (Å²) in [7, 11) is 3.14. The maximum absolute atomic E-state index is 13.0. The van der Waals surface area contributed by atoms with Gasteiger partial charge >= 0.3 is 0 Å². The molecule has 0 heterocycles. The fourth-order valence-electron chi connectivity index (χ4n) is 2.84. The van der Waals surface area contributed by atoms with Crippen LogP contribution in [0.1, 0.15) is 30.6 Å². The minimum absolute atomic E-state index is 0.0478. The van der Waals surface area contributed by atoms with Crippen molar-refractivity contribution in [3.05, 3.63) is 54.1 Å². The van der Waals surface area contributed by atoms with Crippen molar-refractivity contribution in [1.29, 1.82) is 0 Å². The summed E-state index contributed by atoms with van der Waals surface area (Å²) in [5.41, 5.74) is 1.06. The van der Waals surface area contributed by atoms with Crippen molar-refractivity contribution < 1.29 is 23.8 Å². The summed E-state index contributed by atoms with van der Waals surface area (Å²) < 4.78 is 16.0. The van der Waals surface area contributed by atoms with Gasteiger partial charge in [0.15, 0.2) is 11.5 Å². The van der Waals surface area contributed by atoms with Gasteiger partial charge in [0.25, 0.3) is 5.91 Å². The topological polar surface area (TPSA) is 85.9 Å². The molecule has 0 spiro atoms. The molecule has 30 heavy (non-hydrogen) atoms. The lowest BCUT2D eigenvalue weighted by atomic mass is 9.97. The minimum atomic E-state index is -0.678. The third kappa shape index (κ3) is 6.49. The number of rotatable bonds is 11. The van der Waals surface area contributed by atoms with Gasteiger partial charge in [0, 0.05) is 24.4 Å². The van der Waals surface area contributed by atoms with Crippen LogP contribution in [0.3, 0.4) is 0 Å². The largest absolute Gasteiger partial charge is 0.493 e. The van der Waals surface area contributed by atoms with Crippen molar-refractivity contribution in [2.75, 3.05) is 32.8 Å². The average molecular weight is 415 g/mol. The smallest absolute Gasteiger partial charge is 0.251 e. The third-order valence-electron chi connectivity index (χ3n) is 4.79. The number of methoxy groups -OCH3 is 2. The van der Waals surface area contributed by atoms with Gasteiger partial charge in [-0.2, -0.15) is 0 Å². The summed E-state index contributed by atoms with van der Waals surface area (Å²) in [5, 5.41) is 5.74. The molecule has 7 heteroatoms. The molecule has 162 valence electrons. The second-order valence-corrected chi connectivity index (χ2v) is 6.90. The zero-order chi connectivity index (χ0) is 21.9. The van der Waals surface area contributed by atoms with Crippen molar-refractivity contribution in [1.82, 2.24) is 5.32 Å². The maximum atomic E-state index is 13.0. The number of nitrogens with one attached hydrogen (secondary N) is 2. The predicted molar refractivity (Wildman–Crippen MR) is 116 cm³/mol. The van der Waals surface area contributed by atoms with Gasteiger partial charge < -0.3 is 24.8 Å². The van der Waals surface area contributed by atoms with Gasteiger partial charge in [0.05, 0.1) is 13.7 Å². The Labute approximate surface area is 177 Å². The van der Waals surface area contributed by atoms with E-state index in [9.17, 15) is 9.59 Å². The van der Waals surface area contributed by atoms with Crippen LogP contribution in [0.25, 0.3) is 0 Å². The first-order chi connectivity index (χ1) is 14.5. The Morgan fingerprint density at radius 1 is 1.00 bits per heavy atom. The normalized spacial score (nSPS) is 12.5. The second kappa shape index (κ2) is 11.8. The molecule has 2 atom stereocenters. The van der Waals surface area contributed by atoms with Gasteiger partial charge in [-0.3, -0.25) is 9.59 Å². The number of anilines is 1. The van der Waals surface area contributed by atoms with Crippen molar-refractivity contribution in [3.8, 4) is 11.5 Å². The summed E-state index contributed by atoms with van der Waals surface area (Å²) in [4.78, 5) is 25.6. The lowest BCUT2D eigenvalue weighted by Crippen LogP contribution is -2.47. The van der Waals surface area contributed by atoms with Crippen LogP contribution < -0.4 is 20.1 Å². The number of hydrogen-bond donors (Lipinski definition) is 2. The van der Waals surface area contributed by atoms with Crippen LogP contribution in [0, 0.1) is 5.92 Å². The summed E-state index contributed by atoms with van der Waals surface area (Å²) in [6, 6.07) is 13.3. The summed E-state index contributed by atoms with van der Waals surface area (Å²) in [6.45, 7) is 4.70. The van der Waals surface area contributed by atoms with E-state index in [-0.39, 0.29) is 17.7 Å². The zero-order valence-electron chi connectivity index (χ0n) is 17.9. The molecule has 0 saturated carbocycles. The highest BCUT2D eigenvalue weighted by atomic mass is 16.5. The molecule has 0 aliphatic heterocycles. The summed E-state index contributed by atoms with van der Waals surface area (Å²) in [5.74, 6) is 0.435. The Morgan fingerprint density at radius 2 is 1.73 bits per heavy atom. The maximum Gasteiger partial charge on any atom is 0.251 e. The van der Waals surface area contributed by atoms with Gasteiger partial charge in [-0.25, -0.2) is 0 Å². The Bertz CT molecular complexity index is 826. The molecule has 7 nitrogen and oxygen atoms in total. The van der Waals surface area contributed by atoms with E-state index in [1.807, 2.05) is 19.9 Å². The Hall–Kier alpha value is -3.06. The molecular formula is C23H30N2O5. The first kappa shape index (κ1) is 23.2. The van der Waals surface area contributed by atoms with Crippen molar-refractivity contribution in [2.45, 2.75) is 26.3 Å². The third-order valence-corrected chi connectivity index (χ3v) is 4.79. The quantitative estimate of drug-likeness (QED) is 0.550. The van der Waals surface area contributed by atoms with Crippen molar-refractivity contribution in [2.24, 2.45) is 5.92 Å². The number of carbonyl (C=O) groups excluding carboxylic acids is 2. The van der Waals surface area contributed by atoms with E-state index in [1.54, 1.807) is 56.7 Å². The number of benzene rings is 2. The van der Waals surface area contributed by atoms with Crippen molar-refractivity contribution >= 4 is 17.5 Å². The predicted octanol–water partition coefficient (Wildman–Crippen LogP) is 3.50. The number of ether oxygens (including phenoxy) is 3. The fraction of sp³-hybridized carbons (Fsp3) is 0.391. The van der Waals surface area contributed by atoms with E-state index in [1.165, 1.54) is 0 Å². The van der Waals surface area contributed by atoms with Crippen LogP contribution in [0.4, 0.5) is 5.69 Å². The van der Waals surface area contributed by atoms with E-state index in [0.717, 1.165) is 6.42 Å². The first-order valence-corrected chi connectivity index (χ1v) is 9.96. The molecular weight excluding hydrogens is 384 g/mol.